The Hall–Kier alpha value is -3.00. The Labute approximate surface area is 309 Å². The maximum atomic E-state index is 14.0. The second-order valence-electron chi connectivity index (χ2n) is 15.4. The summed E-state index contributed by atoms with van der Waals surface area (Å²) in [6, 6.07) is 11.8. The average molecular weight is 734 g/mol. The summed E-state index contributed by atoms with van der Waals surface area (Å²) in [5.74, 6) is 7.87. The van der Waals surface area contributed by atoms with Crippen LogP contribution in [-0.2, 0) is 31.0 Å². The van der Waals surface area contributed by atoms with Gasteiger partial charge in [0.15, 0.2) is 0 Å². The molecule has 2 fully saturated rings. The molecule has 0 radical (unpaired) electrons. The highest BCUT2D eigenvalue weighted by atomic mass is 35.5. The summed E-state index contributed by atoms with van der Waals surface area (Å²) < 4.78 is 35.9. The molecule has 1 N–H and O–H groups in total. The molecular formula is C41H52ClN3O5S. The summed E-state index contributed by atoms with van der Waals surface area (Å²) in [5, 5.41) is 0.373. The Morgan fingerprint density at radius 3 is 2.76 bits per heavy atom. The first-order valence-corrected chi connectivity index (χ1v) is 20.8. The SMILES string of the molecule is C#C[C@@]1(OCCN2CCOCC2)/C=C/C[C@H](C)[C@@H](C)S(=C)(=O)NC(=O)c2ccc3c(c2)N(C[C@@H]2CC[C@H]21)C[C@@]1(CCCc2cc(Cl)ccc21)CO3. The van der Waals surface area contributed by atoms with Gasteiger partial charge in [0.1, 0.15) is 11.4 Å². The van der Waals surface area contributed by atoms with Gasteiger partial charge in [0.2, 0.25) is 0 Å². The third-order valence-electron chi connectivity index (χ3n) is 12.3. The van der Waals surface area contributed by atoms with Crippen LogP contribution < -0.4 is 14.4 Å². The summed E-state index contributed by atoms with van der Waals surface area (Å²) >= 11 is 6.49. The van der Waals surface area contributed by atoms with E-state index in [1.54, 1.807) is 6.07 Å². The first kappa shape index (κ1) is 36.4. The van der Waals surface area contributed by atoms with E-state index in [-0.39, 0.29) is 28.4 Å². The average Bonchev–Trinajstić information content (AvgIpc) is 3.26. The molecule has 3 heterocycles. The number of rotatable bonds is 4. The normalized spacial score (nSPS) is 34.9. The smallest absolute Gasteiger partial charge is 0.262 e. The Kier molecular flexibility index (Phi) is 10.5. The number of carbonyl (C=O) groups is 1. The van der Waals surface area contributed by atoms with Crippen LogP contribution in [0.25, 0.3) is 0 Å². The number of nitrogens with zero attached hydrogens (tertiary/aromatic N) is 2. The van der Waals surface area contributed by atoms with Gasteiger partial charge in [0.05, 0.1) is 41.8 Å². The van der Waals surface area contributed by atoms with Crippen LogP contribution in [0, 0.1) is 30.1 Å². The van der Waals surface area contributed by atoms with E-state index in [0.717, 1.165) is 94.5 Å². The number of hydrogen-bond acceptors (Lipinski definition) is 7. The highest BCUT2D eigenvalue weighted by molar-refractivity contribution is 7.99. The number of hydrogen-bond donors (Lipinski definition) is 1. The number of nitrogens with one attached hydrogen (secondary N) is 1. The number of amides is 1. The highest BCUT2D eigenvalue weighted by Crippen LogP contribution is 2.49. The predicted molar refractivity (Wildman–Crippen MR) is 206 cm³/mol. The number of terminal acetylenes is 1. The molecular weight excluding hydrogens is 682 g/mol. The minimum Gasteiger partial charge on any atom is -0.490 e. The summed E-state index contributed by atoms with van der Waals surface area (Å²) in [6.45, 7) is 10.5. The summed E-state index contributed by atoms with van der Waals surface area (Å²) in [4.78, 5) is 18.5. The van der Waals surface area contributed by atoms with Gasteiger partial charge >= 0.3 is 0 Å². The molecule has 2 bridgehead atoms. The third kappa shape index (κ3) is 7.32. The Bertz CT molecular complexity index is 1800. The first-order chi connectivity index (χ1) is 24.5. The first-order valence-electron chi connectivity index (χ1n) is 18.6. The largest absolute Gasteiger partial charge is 0.490 e. The molecule has 7 atom stereocenters. The van der Waals surface area contributed by atoms with E-state index >= 15 is 0 Å². The topological polar surface area (TPSA) is 80.3 Å². The molecule has 51 heavy (non-hydrogen) atoms. The molecule has 0 aromatic heterocycles. The summed E-state index contributed by atoms with van der Waals surface area (Å²) in [5.41, 5.74) is 2.72. The maximum Gasteiger partial charge on any atom is 0.262 e. The van der Waals surface area contributed by atoms with E-state index in [0.29, 0.717) is 25.2 Å². The van der Waals surface area contributed by atoms with Crippen molar-refractivity contribution in [2.45, 2.75) is 68.6 Å². The van der Waals surface area contributed by atoms with E-state index in [1.165, 1.54) is 11.1 Å². The van der Waals surface area contributed by atoms with Gasteiger partial charge in [0.25, 0.3) is 5.91 Å². The molecule has 1 saturated carbocycles. The molecule has 2 aromatic carbocycles. The van der Waals surface area contributed by atoms with Crippen LogP contribution in [0.1, 0.15) is 67.4 Å². The molecule has 2 aromatic rings. The fourth-order valence-corrected chi connectivity index (χ4v) is 10.5. The lowest BCUT2D eigenvalue weighted by atomic mass is 9.64. The lowest BCUT2D eigenvalue weighted by molar-refractivity contribution is -0.0703. The lowest BCUT2D eigenvalue weighted by Gasteiger charge is -2.49. The van der Waals surface area contributed by atoms with Gasteiger partial charge < -0.3 is 19.1 Å². The van der Waals surface area contributed by atoms with E-state index in [9.17, 15) is 9.00 Å². The lowest BCUT2D eigenvalue weighted by Crippen LogP contribution is -2.53. The van der Waals surface area contributed by atoms with Crippen LogP contribution in [0.2, 0.25) is 5.02 Å². The van der Waals surface area contributed by atoms with Gasteiger partial charge in [0, 0.05) is 59.9 Å². The number of allylic oxidation sites excluding steroid dienone is 1. The third-order valence-corrected chi connectivity index (χ3v) is 14.8. The molecule has 1 amide bonds. The van der Waals surface area contributed by atoms with Crippen molar-refractivity contribution < 1.29 is 23.2 Å². The van der Waals surface area contributed by atoms with Crippen molar-refractivity contribution in [3.8, 4) is 18.1 Å². The van der Waals surface area contributed by atoms with Crippen LogP contribution in [0.15, 0.2) is 48.6 Å². The van der Waals surface area contributed by atoms with Gasteiger partial charge in [-0.3, -0.25) is 14.4 Å². The van der Waals surface area contributed by atoms with Crippen molar-refractivity contribution >= 4 is 38.8 Å². The number of benzene rings is 2. The number of morpholine rings is 1. The van der Waals surface area contributed by atoms with Crippen molar-refractivity contribution in [1.82, 2.24) is 9.62 Å². The van der Waals surface area contributed by atoms with Crippen LogP contribution in [0.4, 0.5) is 5.69 Å². The standard InChI is InChI=1S/C41H52ClN3O5S/c1-5-41(50-23-20-44-18-21-48-22-19-44)17-6-8-29(2)30(3)51(4,47)43-39(46)32-11-15-38-37(25-32)45(26-33-10-13-36(33)41)27-40(28-49-38)16-7-9-31-24-34(42)12-14-35(31)40/h1,6,11-12,14-15,17,24-25,29-30,33,36H,4,7-10,13,16,18-23,26-28H2,2-3H3,(H,43,46,47)/b17-6+/t29-,30+,33-,36+,40-,41+,51?/m0/s1. The number of halogens is 1. The second-order valence-corrected chi connectivity index (χ2v) is 18.3. The van der Waals surface area contributed by atoms with Gasteiger partial charge in [-0.1, -0.05) is 36.6 Å². The highest BCUT2D eigenvalue weighted by Gasteiger charge is 2.49. The predicted octanol–water partition coefficient (Wildman–Crippen LogP) is 5.91. The van der Waals surface area contributed by atoms with Crippen LogP contribution in [0.3, 0.4) is 0 Å². The monoisotopic (exact) mass is 733 g/mol. The van der Waals surface area contributed by atoms with E-state index < -0.39 is 21.2 Å². The summed E-state index contributed by atoms with van der Waals surface area (Å²) in [7, 11) is -2.98. The molecule has 10 heteroatoms. The Balaban J connectivity index is 1.28. The van der Waals surface area contributed by atoms with Crippen molar-refractivity contribution in [3.05, 3.63) is 70.3 Å². The van der Waals surface area contributed by atoms with Crippen LogP contribution in [-0.4, -0.2) is 90.9 Å². The quantitative estimate of drug-likeness (QED) is 0.238. The second kappa shape index (κ2) is 14.8. The van der Waals surface area contributed by atoms with E-state index in [2.05, 4.69) is 50.6 Å². The zero-order valence-electron chi connectivity index (χ0n) is 30.0. The van der Waals surface area contributed by atoms with Crippen molar-refractivity contribution in [1.29, 1.82) is 0 Å². The number of aryl methyl sites for hydroxylation is 1. The zero-order valence-corrected chi connectivity index (χ0v) is 31.6. The maximum absolute atomic E-state index is 14.0. The zero-order chi connectivity index (χ0) is 35.8. The molecule has 5 aliphatic rings. The Morgan fingerprint density at radius 2 is 2.00 bits per heavy atom. The number of fused-ring (bicyclic) bond motifs is 4. The summed E-state index contributed by atoms with van der Waals surface area (Å²) in [6.07, 6.45) is 16.3. The van der Waals surface area contributed by atoms with Gasteiger partial charge in [-0.25, -0.2) is 4.21 Å². The molecule has 7 rings (SSSR count). The molecule has 3 aliphatic heterocycles. The Morgan fingerprint density at radius 1 is 1.18 bits per heavy atom. The molecule has 1 spiro atoms. The number of carbonyl (C=O) groups excluding carboxylic acids is 1. The van der Waals surface area contributed by atoms with Crippen LogP contribution >= 0.6 is 11.6 Å². The molecule has 2 aliphatic carbocycles. The minimum absolute atomic E-state index is 0.0270. The molecule has 274 valence electrons. The number of ether oxygens (including phenoxy) is 3. The van der Waals surface area contributed by atoms with E-state index in [1.807, 2.05) is 32.0 Å². The molecule has 8 nitrogen and oxygen atoms in total. The van der Waals surface area contributed by atoms with Gasteiger partial charge in [-0.05, 0) is 111 Å². The molecule has 1 unspecified atom stereocenters. The van der Waals surface area contributed by atoms with Crippen molar-refractivity contribution in [2.24, 2.45) is 17.8 Å². The van der Waals surface area contributed by atoms with Gasteiger partial charge in [-0.2, -0.15) is 0 Å². The fourth-order valence-electron chi connectivity index (χ4n) is 8.87. The van der Waals surface area contributed by atoms with Crippen molar-refractivity contribution in [3.63, 3.8) is 0 Å². The van der Waals surface area contributed by atoms with E-state index in [4.69, 9.17) is 32.2 Å². The number of anilines is 1. The van der Waals surface area contributed by atoms with Crippen LogP contribution in [0.5, 0.6) is 5.75 Å². The fraction of sp³-hybridized carbons (Fsp3) is 0.561. The minimum atomic E-state index is -2.98. The molecule has 1 saturated heterocycles. The van der Waals surface area contributed by atoms with Crippen molar-refractivity contribution in [2.75, 3.05) is 64.1 Å². The van der Waals surface area contributed by atoms with Gasteiger partial charge in [-0.15, -0.1) is 6.42 Å².